The molecule has 78 valence electrons. The average Bonchev–Trinajstić information content (AvgIpc) is 2.60. The first-order chi connectivity index (χ1) is 5.74. The van der Waals surface area contributed by atoms with E-state index >= 15 is 0 Å². The highest BCUT2D eigenvalue weighted by Crippen LogP contribution is 2.37. The summed E-state index contributed by atoms with van der Waals surface area (Å²) in [4.78, 5) is 0. The van der Waals surface area contributed by atoms with Crippen molar-refractivity contribution < 1.29 is 9.16 Å². The van der Waals surface area contributed by atoms with Gasteiger partial charge in [-0.1, -0.05) is 20.8 Å². The average molecular weight is 202 g/mol. The Labute approximate surface area is 82.7 Å². The zero-order chi connectivity index (χ0) is 10.3. The molecule has 1 saturated heterocycles. The van der Waals surface area contributed by atoms with Crippen LogP contribution >= 0.6 is 0 Å². The fourth-order valence-corrected chi connectivity index (χ4v) is 1.93. The Morgan fingerprint density at radius 2 is 1.77 bits per heavy atom. The Balaban J connectivity index is 2.34. The molecule has 0 radical (unpaired) electrons. The Bertz CT molecular complexity index is 184. The monoisotopic (exact) mass is 202 g/mol. The van der Waals surface area contributed by atoms with Crippen molar-refractivity contribution in [2.45, 2.75) is 58.0 Å². The Morgan fingerprint density at radius 1 is 1.31 bits per heavy atom. The largest absolute Gasteiger partial charge is 0.414 e. The molecule has 3 heteroatoms. The summed E-state index contributed by atoms with van der Waals surface area (Å²) >= 11 is 0. The quantitative estimate of drug-likeness (QED) is 0.518. The molecule has 1 heterocycles. The predicted octanol–water partition coefficient (Wildman–Crippen LogP) is 2.80. The van der Waals surface area contributed by atoms with Crippen molar-refractivity contribution in [3.05, 3.63) is 0 Å². The van der Waals surface area contributed by atoms with E-state index < -0.39 is 8.32 Å². The van der Waals surface area contributed by atoms with Gasteiger partial charge in [0, 0.05) is 0 Å². The Morgan fingerprint density at radius 3 is 2.08 bits per heavy atom. The summed E-state index contributed by atoms with van der Waals surface area (Å²) in [6.45, 7) is 14.2. The zero-order valence-electron chi connectivity index (χ0n) is 9.68. The molecule has 1 aliphatic rings. The molecular weight excluding hydrogens is 180 g/mol. The first-order valence-corrected chi connectivity index (χ1v) is 7.94. The van der Waals surface area contributed by atoms with Crippen molar-refractivity contribution in [3.8, 4) is 0 Å². The summed E-state index contributed by atoms with van der Waals surface area (Å²) < 4.78 is 11.3. The van der Waals surface area contributed by atoms with Crippen LogP contribution in [0.15, 0.2) is 0 Å². The van der Waals surface area contributed by atoms with E-state index in [2.05, 4.69) is 40.8 Å². The van der Waals surface area contributed by atoms with E-state index in [1.807, 2.05) is 0 Å². The molecule has 0 spiro atoms. The standard InChI is InChI=1S/C10H22O2Si/c1-8-9(12-8)7-11-13(5,6)10(2,3)4/h8-9H,7H2,1-6H3/t8-,9-/m1/s1. The molecule has 1 rings (SSSR count). The fraction of sp³-hybridized carbons (Fsp3) is 1.00. The van der Waals surface area contributed by atoms with Gasteiger partial charge in [-0.25, -0.2) is 0 Å². The number of hydrogen-bond acceptors (Lipinski definition) is 2. The molecule has 2 atom stereocenters. The second-order valence-electron chi connectivity index (χ2n) is 5.45. The topological polar surface area (TPSA) is 21.8 Å². The van der Waals surface area contributed by atoms with Crippen LogP contribution in [0, 0.1) is 0 Å². The van der Waals surface area contributed by atoms with Gasteiger partial charge in [-0.05, 0) is 25.1 Å². The molecule has 0 aromatic carbocycles. The minimum atomic E-state index is -1.54. The van der Waals surface area contributed by atoms with E-state index in [0.29, 0.717) is 17.2 Å². The minimum absolute atomic E-state index is 0.311. The number of rotatable bonds is 3. The first kappa shape index (κ1) is 11.2. The van der Waals surface area contributed by atoms with Gasteiger partial charge in [0.15, 0.2) is 8.32 Å². The van der Waals surface area contributed by atoms with E-state index in [-0.39, 0.29) is 0 Å². The van der Waals surface area contributed by atoms with E-state index in [1.54, 1.807) is 0 Å². The van der Waals surface area contributed by atoms with E-state index in [4.69, 9.17) is 9.16 Å². The number of hydrogen-bond donors (Lipinski definition) is 0. The van der Waals surface area contributed by atoms with Crippen LogP contribution in [0.5, 0.6) is 0 Å². The lowest BCUT2D eigenvalue weighted by atomic mass is 10.2. The van der Waals surface area contributed by atoms with Crippen LogP contribution in [0.1, 0.15) is 27.7 Å². The summed E-state index contributed by atoms with van der Waals surface area (Å²) in [6.07, 6.45) is 0.791. The third-order valence-electron chi connectivity index (χ3n) is 3.25. The van der Waals surface area contributed by atoms with Gasteiger partial charge in [-0.3, -0.25) is 0 Å². The van der Waals surface area contributed by atoms with Crippen molar-refractivity contribution in [1.82, 2.24) is 0 Å². The summed E-state index contributed by atoms with van der Waals surface area (Å²) in [5, 5.41) is 0.311. The highest BCUT2D eigenvalue weighted by molar-refractivity contribution is 6.74. The molecule has 0 N–H and O–H groups in total. The van der Waals surface area contributed by atoms with Crippen LogP contribution in [0.3, 0.4) is 0 Å². The smallest absolute Gasteiger partial charge is 0.192 e. The van der Waals surface area contributed by atoms with Crippen LogP contribution in [0.2, 0.25) is 18.1 Å². The Kier molecular flexibility index (Phi) is 2.91. The second-order valence-corrected chi connectivity index (χ2v) is 10.3. The van der Waals surface area contributed by atoms with Crippen LogP contribution in [-0.4, -0.2) is 27.1 Å². The molecule has 1 aliphatic heterocycles. The van der Waals surface area contributed by atoms with Crippen molar-refractivity contribution in [1.29, 1.82) is 0 Å². The van der Waals surface area contributed by atoms with E-state index in [9.17, 15) is 0 Å². The SMILES string of the molecule is C[C@H]1O[C@@H]1CO[Si](C)(C)C(C)(C)C. The summed E-state index contributed by atoms with van der Waals surface area (Å²) in [5.41, 5.74) is 0. The van der Waals surface area contributed by atoms with Gasteiger partial charge in [-0.15, -0.1) is 0 Å². The van der Waals surface area contributed by atoms with Crippen LogP contribution < -0.4 is 0 Å². The van der Waals surface area contributed by atoms with Crippen molar-refractivity contribution >= 4 is 8.32 Å². The van der Waals surface area contributed by atoms with Gasteiger partial charge in [-0.2, -0.15) is 0 Å². The molecule has 2 nitrogen and oxygen atoms in total. The molecular formula is C10H22O2Si. The lowest BCUT2D eigenvalue weighted by Crippen LogP contribution is -2.41. The summed E-state index contributed by atoms with van der Waals surface area (Å²) in [5.74, 6) is 0. The lowest BCUT2D eigenvalue weighted by Gasteiger charge is -2.35. The highest BCUT2D eigenvalue weighted by atomic mass is 28.4. The molecule has 0 aromatic heterocycles. The van der Waals surface area contributed by atoms with Crippen molar-refractivity contribution in [3.63, 3.8) is 0 Å². The predicted molar refractivity (Wildman–Crippen MR) is 57.5 cm³/mol. The maximum atomic E-state index is 6.00. The minimum Gasteiger partial charge on any atom is -0.414 e. The van der Waals surface area contributed by atoms with Gasteiger partial charge >= 0.3 is 0 Å². The van der Waals surface area contributed by atoms with E-state index in [0.717, 1.165) is 6.61 Å². The molecule has 0 bridgehead atoms. The molecule has 1 fully saturated rings. The maximum absolute atomic E-state index is 6.00. The van der Waals surface area contributed by atoms with Crippen molar-refractivity contribution in [2.75, 3.05) is 6.61 Å². The molecule has 0 aromatic rings. The number of ether oxygens (including phenoxy) is 1. The van der Waals surface area contributed by atoms with Gasteiger partial charge in [0.25, 0.3) is 0 Å². The molecule has 0 saturated carbocycles. The zero-order valence-corrected chi connectivity index (χ0v) is 10.7. The van der Waals surface area contributed by atoms with Crippen LogP contribution in [0.25, 0.3) is 0 Å². The third-order valence-corrected chi connectivity index (χ3v) is 7.75. The van der Waals surface area contributed by atoms with Crippen LogP contribution in [-0.2, 0) is 9.16 Å². The van der Waals surface area contributed by atoms with Gasteiger partial charge < -0.3 is 9.16 Å². The van der Waals surface area contributed by atoms with Gasteiger partial charge in [0.1, 0.15) is 6.10 Å². The summed E-state index contributed by atoms with van der Waals surface area (Å²) in [7, 11) is -1.54. The van der Waals surface area contributed by atoms with Gasteiger partial charge in [0.05, 0.1) is 12.7 Å². The fourth-order valence-electron chi connectivity index (χ4n) is 0.912. The Hall–Kier alpha value is 0.137. The third kappa shape index (κ3) is 2.79. The van der Waals surface area contributed by atoms with Crippen molar-refractivity contribution in [2.24, 2.45) is 0 Å². The first-order valence-electron chi connectivity index (χ1n) is 5.03. The summed E-state index contributed by atoms with van der Waals surface area (Å²) in [6, 6.07) is 0. The van der Waals surface area contributed by atoms with Crippen LogP contribution in [0.4, 0.5) is 0 Å². The molecule has 0 amide bonds. The molecule has 0 aliphatic carbocycles. The second kappa shape index (κ2) is 3.37. The number of epoxide rings is 1. The highest BCUT2D eigenvalue weighted by Gasteiger charge is 2.41. The molecule has 0 unspecified atom stereocenters. The van der Waals surface area contributed by atoms with Gasteiger partial charge in [0.2, 0.25) is 0 Å². The normalized spacial score (nSPS) is 29.1. The van der Waals surface area contributed by atoms with E-state index in [1.165, 1.54) is 0 Å². The molecule has 13 heavy (non-hydrogen) atoms. The lowest BCUT2D eigenvalue weighted by molar-refractivity contribution is 0.242. The maximum Gasteiger partial charge on any atom is 0.192 e.